The van der Waals surface area contributed by atoms with E-state index in [0.29, 0.717) is 17.5 Å². The van der Waals surface area contributed by atoms with Crippen LogP contribution in [0.1, 0.15) is 46.4 Å². The third kappa shape index (κ3) is 3.41. The molecule has 1 N–H and O–H groups in total. The summed E-state index contributed by atoms with van der Waals surface area (Å²) >= 11 is 6.02. The number of aromatic nitrogens is 2. The molecule has 3 heterocycles. The lowest BCUT2D eigenvalue weighted by atomic mass is 9.96. The molecule has 136 valence electrons. The average Bonchev–Trinajstić information content (AvgIpc) is 3.17. The van der Waals surface area contributed by atoms with Gasteiger partial charge >= 0.3 is 0 Å². The number of ketones is 1. The first-order valence-corrected chi connectivity index (χ1v) is 9.35. The van der Waals surface area contributed by atoms with Crippen LogP contribution >= 0.6 is 11.6 Å². The Morgan fingerprint density at radius 1 is 1.31 bits per heavy atom. The number of carbonyl (C=O) groups excluding carboxylic acids is 1. The number of fused-ring (bicyclic) bond motifs is 1. The van der Waals surface area contributed by atoms with Crippen LogP contribution in [-0.4, -0.2) is 40.3 Å². The number of piperidine rings is 1. The number of oxazole rings is 1. The number of aromatic amines is 1. The van der Waals surface area contributed by atoms with Crippen molar-refractivity contribution in [2.45, 2.75) is 32.6 Å². The minimum absolute atomic E-state index is 0.182. The predicted molar refractivity (Wildman–Crippen MR) is 102 cm³/mol. The molecule has 0 amide bonds. The number of hydrogen-bond donors (Lipinski definition) is 1. The Hall–Kier alpha value is -2.11. The van der Waals surface area contributed by atoms with Crippen molar-refractivity contribution >= 4 is 28.5 Å². The van der Waals surface area contributed by atoms with Gasteiger partial charge in [-0.1, -0.05) is 11.6 Å². The van der Waals surface area contributed by atoms with Crippen LogP contribution in [0.4, 0.5) is 0 Å². The standard InChI is InChI=1S/C20H22ClN3O2/c1-12-9-16(13(2)22-12)18(25)11-24-7-5-14(6-8-24)20-23-17-10-15(21)3-4-19(17)26-20/h3-4,9-10,14,22H,5-8,11H2,1-2H3. The SMILES string of the molecule is Cc1cc(C(=O)CN2CCC(c3nc4cc(Cl)ccc4o3)CC2)c(C)[nH]1. The van der Waals surface area contributed by atoms with Crippen LogP contribution in [0.2, 0.25) is 5.02 Å². The highest BCUT2D eigenvalue weighted by molar-refractivity contribution is 6.31. The fourth-order valence-corrected chi connectivity index (χ4v) is 3.90. The van der Waals surface area contributed by atoms with Crippen molar-refractivity contribution < 1.29 is 9.21 Å². The van der Waals surface area contributed by atoms with Gasteiger partial charge in [-0.15, -0.1) is 0 Å². The molecule has 0 unspecified atom stereocenters. The number of nitrogens with zero attached hydrogens (tertiary/aromatic N) is 2. The first-order valence-electron chi connectivity index (χ1n) is 8.97. The highest BCUT2D eigenvalue weighted by atomic mass is 35.5. The second-order valence-electron chi connectivity index (χ2n) is 7.13. The lowest BCUT2D eigenvalue weighted by molar-refractivity contribution is 0.0905. The summed E-state index contributed by atoms with van der Waals surface area (Å²) in [4.78, 5) is 22.6. The lowest BCUT2D eigenvalue weighted by Gasteiger charge is -2.29. The number of nitrogens with one attached hydrogen (secondary N) is 1. The van der Waals surface area contributed by atoms with Crippen molar-refractivity contribution in [3.63, 3.8) is 0 Å². The van der Waals surface area contributed by atoms with Gasteiger partial charge in [0.05, 0.1) is 6.54 Å². The number of carbonyl (C=O) groups is 1. The second kappa shape index (κ2) is 6.89. The van der Waals surface area contributed by atoms with Gasteiger partial charge in [0.2, 0.25) is 0 Å². The summed E-state index contributed by atoms with van der Waals surface area (Å²) in [6.45, 7) is 6.14. The van der Waals surface area contributed by atoms with Crippen molar-refractivity contribution in [3.8, 4) is 0 Å². The molecule has 0 bridgehead atoms. The smallest absolute Gasteiger partial charge is 0.198 e. The number of aryl methyl sites for hydroxylation is 2. The monoisotopic (exact) mass is 371 g/mol. The molecular weight excluding hydrogens is 350 g/mol. The summed E-state index contributed by atoms with van der Waals surface area (Å²) in [6.07, 6.45) is 1.89. The van der Waals surface area contributed by atoms with E-state index in [1.54, 1.807) is 0 Å². The van der Waals surface area contributed by atoms with E-state index in [-0.39, 0.29) is 5.78 Å². The van der Waals surface area contributed by atoms with E-state index in [9.17, 15) is 4.79 Å². The van der Waals surface area contributed by atoms with E-state index in [0.717, 1.165) is 59.9 Å². The van der Waals surface area contributed by atoms with E-state index >= 15 is 0 Å². The fourth-order valence-electron chi connectivity index (χ4n) is 3.73. The molecule has 0 spiro atoms. The van der Waals surface area contributed by atoms with Crippen molar-refractivity contribution in [2.24, 2.45) is 0 Å². The Balaban J connectivity index is 1.39. The van der Waals surface area contributed by atoms with Crippen molar-refractivity contribution in [3.05, 3.63) is 52.1 Å². The zero-order valence-corrected chi connectivity index (χ0v) is 15.8. The molecule has 0 radical (unpaired) electrons. The average molecular weight is 372 g/mol. The predicted octanol–water partition coefficient (Wildman–Crippen LogP) is 4.49. The van der Waals surface area contributed by atoms with Gasteiger partial charge in [-0.2, -0.15) is 0 Å². The van der Waals surface area contributed by atoms with E-state index in [1.807, 2.05) is 38.1 Å². The first kappa shape index (κ1) is 17.3. The van der Waals surface area contributed by atoms with Crippen molar-refractivity contribution in [1.82, 2.24) is 14.9 Å². The highest BCUT2D eigenvalue weighted by Crippen LogP contribution is 2.30. The zero-order chi connectivity index (χ0) is 18.3. The summed E-state index contributed by atoms with van der Waals surface area (Å²) in [5, 5.41) is 0.668. The zero-order valence-electron chi connectivity index (χ0n) is 15.0. The maximum absolute atomic E-state index is 12.5. The van der Waals surface area contributed by atoms with Gasteiger partial charge in [-0.25, -0.2) is 4.98 Å². The van der Waals surface area contributed by atoms with E-state index in [2.05, 4.69) is 14.9 Å². The molecule has 26 heavy (non-hydrogen) atoms. The molecule has 0 aliphatic carbocycles. The van der Waals surface area contributed by atoms with E-state index < -0.39 is 0 Å². The molecule has 0 saturated carbocycles. The van der Waals surface area contributed by atoms with Crippen LogP contribution in [0.5, 0.6) is 0 Å². The van der Waals surface area contributed by atoms with Crippen molar-refractivity contribution in [1.29, 1.82) is 0 Å². The first-order chi connectivity index (χ1) is 12.5. The van der Waals surface area contributed by atoms with Gasteiger partial charge in [-0.3, -0.25) is 9.69 Å². The highest BCUT2D eigenvalue weighted by Gasteiger charge is 2.26. The number of halogens is 1. The van der Waals surface area contributed by atoms with Crippen LogP contribution in [0.3, 0.4) is 0 Å². The summed E-state index contributed by atoms with van der Waals surface area (Å²) in [7, 11) is 0. The second-order valence-corrected chi connectivity index (χ2v) is 7.57. The van der Waals surface area contributed by atoms with Gasteiger partial charge in [0.15, 0.2) is 17.3 Å². The molecule has 4 rings (SSSR count). The largest absolute Gasteiger partial charge is 0.440 e. The normalized spacial score (nSPS) is 16.4. The Labute approximate surface area is 157 Å². The van der Waals surface area contributed by atoms with Crippen LogP contribution in [0.25, 0.3) is 11.1 Å². The number of H-pyrrole nitrogens is 1. The fraction of sp³-hybridized carbons (Fsp3) is 0.400. The molecular formula is C20H22ClN3O2. The molecule has 6 heteroatoms. The minimum Gasteiger partial charge on any atom is -0.440 e. The molecule has 1 saturated heterocycles. The topological polar surface area (TPSA) is 62.1 Å². The summed E-state index contributed by atoms with van der Waals surface area (Å²) in [5.74, 6) is 1.26. The molecule has 1 aromatic carbocycles. The molecule has 1 fully saturated rings. The number of benzene rings is 1. The quantitative estimate of drug-likeness (QED) is 0.686. The number of rotatable bonds is 4. The molecule has 2 aromatic heterocycles. The summed E-state index contributed by atoms with van der Waals surface area (Å²) in [6, 6.07) is 7.45. The van der Waals surface area contributed by atoms with Crippen LogP contribution < -0.4 is 0 Å². The summed E-state index contributed by atoms with van der Waals surface area (Å²) in [5.41, 5.74) is 4.37. The minimum atomic E-state index is 0.182. The lowest BCUT2D eigenvalue weighted by Crippen LogP contribution is -2.37. The van der Waals surface area contributed by atoms with Gasteiger partial charge in [0.1, 0.15) is 5.52 Å². The van der Waals surface area contributed by atoms with Crippen LogP contribution in [-0.2, 0) is 0 Å². The van der Waals surface area contributed by atoms with Gasteiger partial charge in [0.25, 0.3) is 0 Å². The van der Waals surface area contributed by atoms with Crippen LogP contribution in [0.15, 0.2) is 28.7 Å². The Bertz CT molecular complexity index is 951. The maximum Gasteiger partial charge on any atom is 0.198 e. The molecule has 5 nitrogen and oxygen atoms in total. The molecule has 1 aliphatic heterocycles. The van der Waals surface area contributed by atoms with Crippen LogP contribution in [0, 0.1) is 13.8 Å². The van der Waals surface area contributed by atoms with Gasteiger partial charge in [0, 0.05) is 27.9 Å². The molecule has 1 aliphatic rings. The Kier molecular flexibility index (Phi) is 4.59. The molecule has 0 atom stereocenters. The Morgan fingerprint density at radius 2 is 2.08 bits per heavy atom. The van der Waals surface area contributed by atoms with Crippen molar-refractivity contribution in [2.75, 3.05) is 19.6 Å². The van der Waals surface area contributed by atoms with Gasteiger partial charge in [-0.05, 0) is 64.0 Å². The van der Waals surface area contributed by atoms with E-state index in [1.165, 1.54) is 0 Å². The van der Waals surface area contributed by atoms with Gasteiger partial charge < -0.3 is 9.40 Å². The maximum atomic E-state index is 12.5. The number of hydrogen-bond acceptors (Lipinski definition) is 4. The number of Topliss-reactive ketones (excluding diaryl/α,β-unsaturated/α-hetero) is 1. The van der Waals surface area contributed by atoms with E-state index in [4.69, 9.17) is 16.0 Å². The molecule has 3 aromatic rings. The third-order valence-electron chi connectivity index (χ3n) is 5.12. The summed E-state index contributed by atoms with van der Waals surface area (Å²) < 4.78 is 5.91. The Morgan fingerprint density at radius 3 is 2.77 bits per heavy atom. The third-order valence-corrected chi connectivity index (χ3v) is 5.36. The number of likely N-dealkylation sites (tertiary alicyclic amines) is 1.